The third kappa shape index (κ3) is 4.89. The number of rotatable bonds is 4. The second-order valence-electron chi connectivity index (χ2n) is 4.17. The predicted octanol–water partition coefficient (Wildman–Crippen LogP) is 1.90. The fraction of sp³-hybridized carbons (Fsp3) is 0.909. The molecule has 3 nitrogen and oxygen atoms in total. The zero-order valence-electron chi connectivity index (χ0n) is 9.15. The summed E-state index contributed by atoms with van der Waals surface area (Å²) in [6, 6.07) is -0.495. The molecule has 1 unspecified atom stereocenters. The van der Waals surface area contributed by atoms with Gasteiger partial charge in [0.15, 0.2) is 0 Å². The molecule has 0 aromatic heterocycles. The Balaban J connectivity index is 2.28. The van der Waals surface area contributed by atoms with Crippen molar-refractivity contribution < 1.29 is 9.53 Å². The van der Waals surface area contributed by atoms with Gasteiger partial charge in [-0.2, -0.15) is 12.6 Å². The molecule has 1 saturated carbocycles. The number of carbonyl (C=O) groups is 1. The first-order valence-electron chi connectivity index (χ1n) is 5.81. The Bertz CT molecular complexity index is 191. The van der Waals surface area contributed by atoms with E-state index in [0.717, 1.165) is 12.8 Å². The van der Waals surface area contributed by atoms with Crippen LogP contribution in [0.25, 0.3) is 0 Å². The van der Waals surface area contributed by atoms with Gasteiger partial charge in [0.05, 0.1) is 0 Å². The van der Waals surface area contributed by atoms with E-state index < -0.39 is 6.04 Å². The van der Waals surface area contributed by atoms with Crippen molar-refractivity contribution in [2.45, 2.75) is 57.1 Å². The van der Waals surface area contributed by atoms with Crippen LogP contribution in [-0.4, -0.2) is 23.9 Å². The summed E-state index contributed by atoms with van der Waals surface area (Å²) in [5.74, 6) is 0.372. The summed E-state index contributed by atoms with van der Waals surface area (Å²) in [4.78, 5) is 11.5. The van der Waals surface area contributed by atoms with Crippen molar-refractivity contribution in [3.8, 4) is 0 Å². The molecule has 88 valence electrons. The highest BCUT2D eigenvalue weighted by atomic mass is 32.1. The number of thiol groups is 1. The van der Waals surface area contributed by atoms with Gasteiger partial charge in [-0.05, 0) is 37.9 Å². The second kappa shape index (κ2) is 7.12. The number of esters is 1. The highest BCUT2D eigenvalue weighted by molar-refractivity contribution is 7.80. The molecular weight excluding hydrogens is 210 g/mol. The fourth-order valence-electron chi connectivity index (χ4n) is 1.87. The summed E-state index contributed by atoms with van der Waals surface area (Å²) in [5, 5.41) is 0. The van der Waals surface area contributed by atoms with Crippen LogP contribution in [0.4, 0.5) is 0 Å². The van der Waals surface area contributed by atoms with Crippen LogP contribution in [0, 0.1) is 0 Å². The minimum atomic E-state index is -0.495. The highest BCUT2D eigenvalue weighted by Gasteiger charge is 2.20. The second-order valence-corrected chi connectivity index (χ2v) is 4.62. The lowest BCUT2D eigenvalue weighted by atomic mass is 10.1. The van der Waals surface area contributed by atoms with Crippen LogP contribution in [0.2, 0.25) is 0 Å². The maximum Gasteiger partial charge on any atom is 0.323 e. The molecule has 0 aromatic rings. The van der Waals surface area contributed by atoms with Gasteiger partial charge < -0.3 is 10.5 Å². The molecule has 1 aliphatic rings. The van der Waals surface area contributed by atoms with Crippen molar-refractivity contribution in [2.24, 2.45) is 5.73 Å². The SMILES string of the molecule is NC(CCS)C(=O)OC1CCCCCC1. The third-order valence-electron chi connectivity index (χ3n) is 2.83. The highest BCUT2D eigenvalue weighted by Crippen LogP contribution is 2.20. The van der Waals surface area contributed by atoms with Crippen LogP contribution < -0.4 is 5.73 Å². The first kappa shape index (κ1) is 12.8. The Morgan fingerprint density at radius 1 is 1.33 bits per heavy atom. The Labute approximate surface area is 97.2 Å². The molecule has 0 amide bonds. The molecule has 1 aliphatic carbocycles. The van der Waals surface area contributed by atoms with Crippen molar-refractivity contribution in [3.05, 3.63) is 0 Å². The molecule has 0 heterocycles. The molecule has 0 spiro atoms. The third-order valence-corrected chi connectivity index (χ3v) is 3.09. The lowest BCUT2D eigenvalue weighted by molar-refractivity contribution is -0.151. The number of nitrogens with two attached hydrogens (primary N) is 1. The average molecular weight is 231 g/mol. The minimum absolute atomic E-state index is 0.103. The zero-order valence-corrected chi connectivity index (χ0v) is 10.0. The molecule has 1 fully saturated rings. The van der Waals surface area contributed by atoms with Gasteiger partial charge in [-0.15, -0.1) is 0 Å². The van der Waals surface area contributed by atoms with Crippen molar-refractivity contribution in [1.29, 1.82) is 0 Å². The molecule has 15 heavy (non-hydrogen) atoms. The van der Waals surface area contributed by atoms with Crippen LogP contribution in [0.1, 0.15) is 44.9 Å². The number of carbonyl (C=O) groups excluding carboxylic acids is 1. The van der Waals surface area contributed by atoms with Gasteiger partial charge in [0.2, 0.25) is 0 Å². The van der Waals surface area contributed by atoms with Crippen molar-refractivity contribution in [2.75, 3.05) is 5.75 Å². The van der Waals surface area contributed by atoms with Gasteiger partial charge in [-0.1, -0.05) is 12.8 Å². The van der Waals surface area contributed by atoms with Gasteiger partial charge in [-0.25, -0.2) is 0 Å². The molecule has 2 N–H and O–H groups in total. The summed E-state index contributed by atoms with van der Waals surface area (Å²) < 4.78 is 5.39. The van der Waals surface area contributed by atoms with E-state index in [1.54, 1.807) is 0 Å². The van der Waals surface area contributed by atoms with Crippen molar-refractivity contribution in [3.63, 3.8) is 0 Å². The zero-order chi connectivity index (χ0) is 11.1. The molecule has 0 bridgehead atoms. The summed E-state index contributed by atoms with van der Waals surface area (Å²) in [6.45, 7) is 0. The Morgan fingerprint density at radius 3 is 2.47 bits per heavy atom. The summed E-state index contributed by atoms with van der Waals surface area (Å²) in [5.41, 5.74) is 5.66. The van der Waals surface area contributed by atoms with Crippen molar-refractivity contribution >= 4 is 18.6 Å². The van der Waals surface area contributed by atoms with E-state index in [-0.39, 0.29) is 12.1 Å². The number of hydrogen-bond acceptors (Lipinski definition) is 4. The van der Waals surface area contributed by atoms with E-state index in [0.29, 0.717) is 12.2 Å². The Hall–Kier alpha value is -0.220. The molecule has 0 aliphatic heterocycles. The Morgan fingerprint density at radius 2 is 1.93 bits per heavy atom. The van der Waals surface area contributed by atoms with Crippen LogP contribution in [0.5, 0.6) is 0 Å². The van der Waals surface area contributed by atoms with E-state index in [2.05, 4.69) is 12.6 Å². The summed E-state index contributed by atoms with van der Waals surface area (Å²) in [6.07, 6.45) is 7.55. The smallest absolute Gasteiger partial charge is 0.323 e. The van der Waals surface area contributed by atoms with Crippen LogP contribution in [-0.2, 0) is 9.53 Å². The first-order valence-corrected chi connectivity index (χ1v) is 6.44. The van der Waals surface area contributed by atoms with E-state index in [4.69, 9.17) is 10.5 Å². The molecule has 1 atom stereocenters. The maximum absolute atomic E-state index is 11.5. The van der Waals surface area contributed by atoms with Gasteiger partial charge in [0.1, 0.15) is 12.1 Å². The van der Waals surface area contributed by atoms with E-state index in [1.165, 1.54) is 25.7 Å². The predicted molar refractivity (Wildman–Crippen MR) is 64.0 cm³/mol. The largest absolute Gasteiger partial charge is 0.461 e. The molecule has 0 saturated heterocycles. The monoisotopic (exact) mass is 231 g/mol. The van der Waals surface area contributed by atoms with Gasteiger partial charge in [0, 0.05) is 0 Å². The standard InChI is InChI=1S/C11H21NO2S/c12-10(7-8-15)11(13)14-9-5-3-1-2-4-6-9/h9-10,15H,1-8,12H2. The van der Waals surface area contributed by atoms with E-state index >= 15 is 0 Å². The lowest BCUT2D eigenvalue weighted by Crippen LogP contribution is -2.35. The van der Waals surface area contributed by atoms with Crippen molar-refractivity contribution in [1.82, 2.24) is 0 Å². The normalized spacial score (nSPS) is 20.7. The lowest BCUT2D eigenvalue weighted by Gasteiger charge is -2.18. The van der Waals surface area contributed by atoms with Gasteiger partial charge in [-0.3, -0.25) is 4.79 Å². The summed E-state index contributed by atoms with van der Waals surface area (Å²) in [7, 11) is 0. The average Bonchev–Trinajstić information content (AvgIpc) is 2.46. The van der Waals surface area contributed by atoms with E-state index in [9.17, 15) is 4.79 Å². The fourth-order valence-corrected chi connectivity index (χ4v) is 2.15. The van der Waals surface area contributed by atoms with Crippen LogP contribution in [0.15, 0.2) is 0 Å². The summed E-state index contributed by atoms with van der Waals surface area (Å²) >= 11 is 4.05. The minimum Gasteiger partial charge on any atom is -0.461 e. The first-order chi connectivity index (χ1) is 7.24. The topological polar surface area (TPSA) is 52.3 Å². The molecule has 0 radical (unpaired) electrons. The quantitative estimate of drug-likeness (QED) is 0.441. The molecule has 4 heteroatoms. The number of ether oxygens (including phenoxy) is 1. The number of hydrogen-bond donors (Lipinski definition) is 2. The maximum atomic E-state index is 11.5. The molecule has 1 rings (SSSR count). The molecular formula is C11H21NO2S. The molecule has 0 aromatic carbocycles. The van der Waals surface area contributed by atoms with Crippen LogP contribution >= 0.6 is 12.6 Å². The Kier molecular flexibility index (Phi) is 6.10. The van der Waals surface area contributed by atoms with Gasteiger partial charge in [0.25, 0.3) is 0 Å². The van der Waals surface area contributed by atoms with E-state index in [1.807, 2.05) is 0 Å². The van der Waals surface area contributed by atoms with Crippen LogP contribution in [0.3, 0.4) is 0 Å². The van der Waals surface area contributed by atoms with Gasteiger partial charge >= 0.3 is 5.97 Å².